The van der Waals surface area contributed by atoms with E-state index in [9.17, 15) is 14.7 Å². The highest BCUT2D eigenvalue weighted by atomic mass is 16.5. The molecule has 1 aromatic heterocycles. The summed E-state index contributed by atoms with van der Waals surface area (Å²) in [6.45, 7) is 1.49. The molecule has 1 aromatic rings. The van der Waals surface area contributed by atoms with Crippen molar-refractivity contribution >= 4 is 0 Å². The molecule has 4 N–H and O–H groups in total. The molecule has 3 unspecified atom stereocenters. The average molecular weight is 256 g/mol. The van der Waals surface area contributed by atoms with E-state index in [4.69, 9.17) is 9.84 Å². The van der Waals surface area contributed by atoms with Gasteiger partial charge in [0.2, 0.25) is 0 Å². The Hall–Kier alpha value is -1.44. The molecular weight excluding hydrogens is 240 g/mol. The van der Waals surface area contributed by atoms with E-state index in [-0.39, 0.29) is 13.0 Å². The molecule has 100 valence electrons. The Morgan fingerprint density at radius 2 is 2.11 bits per heavy atom. The van der Waals surface area contributed by atoms with Crippen molar-refractivity contribution in [1.82, 2.24) is 9.97 Å². The van der Waals surface area contributed by atoms with Gasteiger partial charge in [-0.3, -0.25) is 9.78 Å². The zero-order valence-corrected chi connectivity index (χ0v) is 9.97. The minimum atomic E-state index is -0.799. The molecule has 7 nitrogen and oxygen atoms in total. The highest BCUT2D eigenvalue weighted by Gasteiger charge is 2.36. The number of aromatic nitrogens is 2. The molecule has 1 fully saturated rings. The molecule has 0 saturated carbocycles. The lowest BCUT2D eigenvalue weighted by molar-refractivity contribution is -0.0239. The Bertz CT molecular complexity index is 535. The molecule has 2 rings (SSSR count). The summed E-state index contributed by atoms with van der Waals surface area (Å²) in [5.41, 5.74) is -0.217. The zero-order valence-electron chi connectivity index (χ0n) is 9.97. The van der Waals surface area contributed by atoms with Crippen LogP contribution in [-0.2, 0) is 11.2 Å². The van der Waals surface area contributed by atoms with E-state index in [0.717, 1.165) is 0 Å². The predicted octanol–water partition coefficient (Wildman–Crippen LogP) is -1.19. The normalized spacial score (nSPS) is 27.6. The lowest BCUT2D eigenvalue weighted by Gasteiger charge is -2.14. The number of ether oxygens (including phenoxy) is 1. The predicted molar refractivity (Wildman–Crippen MR) is 62.4 cm³/mol. The van der Waals surface area contributed by atoms with Crippen LogP contribution in [0.25, 0.3) is 0 Å². The SMILES string of the molecule is CCc1c(C2CC(O)C(CO)O2)[nH]c(=O)[nH]c1=O. The van der Waals surface area contributed by atoms with Crippen molar-refractivity contribution in [2.24, 2.45) is 0 Å². The first-order valence-electron chi connectivity index (χ1n) is 5.86. The second-order valence-corrected chi connectivity index (χ2v) is 4.30. The van der Waals surface area contributed by atoms with Crippen LogP contribution in [-0.4, -0.2) is 39.0 Å². The van der Waals surface area contributed by atoms with Crippen LogP contribution < -0.4 is 11.2 Å². The minimum Gasteiger partial charge on any atom is -0.394 e. The maximum atomic E-state index is 11.6. The van der Waals surface area contributed by atoms with Gasteiger partial charge in [0.1, 0.15) is 12.2 Å². The van der Waals surface area contributed by atoms with Crippen molar-refractivity contribution in [2.45, 2.75) is 38.1 Å². The Morgan fingerprint density at radius 1 is 1.39 bits per heavy atom. The standard InChI is InChI=1S/C11H16N2O5/c1-2-5-9(12-11(17)13-10(5)16)7-3-6(15)8(4-14)18-7/h6-8,14-15H,2-4H2,1H3,(H2,12,13,16,17). The van der Waals surface area contributed by atoms with E-state index in [1.54, 1.807) is 6.92 Å². The Morgan fingerprint density at radius 3 is 2.67 bits per heavy atom. The van der Waals surface area contributed by atoms with Gasteiger partial charge in [0.05, 0.1) is 18.4 Å². The van der Waals surface area contributed by atoms with Crippen molar-refractivity contribution in [3.63, 3.8) is 0 Å². The molecule has 0 aromatic carbocycles. The number of aliphatic hydroxyl groups is 2. The van der Waals surface area contributed by atoms with Gasteiger partial charge in [-0.15, -0.1) is 0 Å². The van der Waals surface area contributed by atoms with Gasteiger partial charge in [-0.2, -0.15) is 0 Å². The molecule has 1 aliphatic rings. The van der Waals surface area contributed by atoms with Crippen molar-refractivity contribution in [2.75, 3.05) is 6.61 Å². The van der Waals surface area contributed by atoms with E-state index < -0.39 is 29.6 Å². The summed E-state index contributed by atoms with van der Waals surface area (Å²) >= 11 is 0. The largest absolute Gasteiger partial charge is 0.394 e. The van der Waals surface area contributed by atoms with Crippen LogP contribution in [0.1, 0.15) is 30.7 Å². The van der Waals surface area contributed by atoms with Crippen LogP contribution in [0.4, 0.5) is 0 Å². The fourth-order valence-corrected chi connectivity index (χ4v) is 2.23. The van der Waals surface area contributed by atoms with E-state index >= 15 is 0 Å². The highest BCUT2D eigenvalue weighted by molar-refractivity contribution is 5.20. The maximum absolute atomic E-state index is 11.6. The Balaban J connectivity index is 2.40. The molecule has 0 bridgehead atoms. The number of rotatable bonds is 3. The summed E-state index contributed by atoms with van der Waals surface area (Å²) in [6, 6.07) is 0. The molecule has 0 spiro atoms. The van der Waals surface area contributed by atoms with Gasteiger partial charge in [-0.1, -0.05) is 6.92 Å². The third-order valence-corrected chi connectivity index (χ3v) is 3.15. The number of nitrogens with one attached hydrogen (secondary N) is 2. The molecule has 0 amide bonds. The van der Waals surface area contributed by atoms with Crippen LogP contribution in [0.3, 0.4) is 0 Å². The Labute approximate surface area is 102 Å². The van der Waals surface area contributed by atoms with Gasteiger partial charge in [0.25, 0.3) is 5.56 Å². The smallest absolute Gasteiger partial charge is 0.325 e. The van der Waals surface area contributed by atoms with E-state index in [1.165, 1.54) is 0 Å². The first-order valence-corrected chi connectivity index (χ1v) is 5.86. The van der Waals surface area contributed by atoms with Gasteiger partial charge in [0.15, 0.2) is 0 Å². The molecule has 2 heterocycles. The number of hydrogen-bond acceptors (Lipinski definition) is 5. The first-order chi connectivity index (χ1) is 8.56. The van der Waals surface area contributed by atoms with Crippen LogP contribution in [0.2, 0.25) is 0 Å². The maximum Gasteiger partial charge on any atom is 0.325 e. The van der Waals surface area contributed by atoms with Gasteiger partial charge < -0.3 is 19.9 Å². The monoisotopic (exact) mass is 256 g/mol. The van der Waals surface area contributed by atoms with Crippen LogP contribution in [0, 0.1) is 0 Å². The second kappa shape index (κ2) is 5.05. The topological polar surface area (TPSA) is 115 Å². The quantitative estimate of drug-likeness (QED) is 0.542. The van der Waals surface area contributed by atoms with E-state index in [0.29, 0.717) is 17.7 Å². The minimum absolute atomic E-state index is 0.248. The number of aliphatic hydroxyl groups excluding tert-OH is 2. The van der Waals surface area contributed by atoms with E-state index in [1.807, 2.05) is 0 Å². The summed E-state index contributed by atoms with van der Waals surface area (Å²) in [5, 5.41) is 18.7. The number of H-pyrrole nitrogens is 2. The summed E-state index contributed by atoms with van der Waals surface area (Å²) in [5.74, 6) is 0. The van der Waals surface area contributed by atoms with Crippen molar-refractivity contribution in [1.29, 1.82) is 0 Å². The molecule has 7 heteroatoms. The van der Waals surface area contributed by atoms with Crippen molar-refractivity contribution in [3.05, 3.63) is 32.1 Å². The fraction of sp³-hybridized carbons (Fsp3) is 0.636. The van der Waals surface area contributed by atoms with Gasteiger partial charge in [-0.05, 0) is 6.42 Å². The third kappa shape index (κ3) is 2.24. The molecule has 0 aliphatic carbocycles. The second-order valence-electron chi connectivity index (χ2n) is 4.30. The fourth-order valence-electron chi connectivity index (χ4n) is 2.23. The van der Waals surface area contributed by atoms with E-state index in [2.05, 4.69) is 9.97 Å². The van der Waals surface area contributed by atoms with Gasteiger partial charge >= 0.3 is 5.69 Å². The molecule has 18 heavy (non-hydrogen) atoms. The number of aromatic amines is 2. The summed E-state index contributed by atoms with van der Waals surface area (Å²) < 4.78 is 5.44. The molecular formula is C11H16N2O5. The molecule has 1 aliphatic heterocycles. The number of hydrogen-bond donors (Lipinski definition) is 4. The first kappa shape index (κ1) is 13.0. The summed E-state index contributed by atoms with van der Waals surface area (Å²) in [7, 11) is 0. The van der Waals surface area contributed by atoms with Crippen molar-refractivity contribution in [3.8, 4) is 0 Å². The van der Waals surface area contributed by atoms with Crippen molar-refractivity contribution < 1.29 is 14.9 Å². The lowest BCUT2D eigenvalue weighted by Crippen LogP contribution is -2.29. The molecule has 3 atom stereocenters. The van der Waals surface area contributed by atoms with Crippen LogP contribution in [0.5, 0.6) is 0 Å². The zero-order chi connectivity index (χ0) is 13.3. The molecule has 0 radical (unpaired) electrons. The average Bonchev–Trinajstić information content (AvgIpc) is 2.69. The molecule has 1 saturated heterocycles. The van der Waals surface area contributed by atoms with Gasteiger partial charge in [0, 0.05) is 12.0 Å². The lowest BCUT2D eigenvalue weighted by atomic mass is 10.0. The van der Waals surface area contributed by atoms with Crippen LogP contribution >= 0.6 is 0 Å². The van der Waals surface area contributed by atoms with Crippen LogP contribution in [0.15, 0.2) is 9.59 Å². The Kier molecular flexibility index (Phi) is 3.65. The highest BCUT2D eigenvalue weighted by Crippen LogP contribution is 2.32. The third-order valence-electron chi connectivity index (χ3n) is 3.15. The van der Waals surface area contributed by atoms with Gasteiger partial charge in [-0.25, -0.2) is 4.79 Å². The summed E-state index contributed by atoms with van der Waals surface area (Å²) in [4.78, 5) is 27.6. The summed E-state index contributed by atoms with van der Waals surface area (Å²) in [6.07, 6.45) is -1.35.